The number of aromatic nitrogens is 1. The average molecular weight is 475 g/mol. The highest BCUT2D eigenvalue weighted by Crippen LogP contribution is 2.32. The van der Waals surface area contributed by atoms with E-state index in [1.807, 2.05) is 19.1 Å². The normalized spacial score (nSPS) is 14.8. The summed E-state index contributed by atoms with van der Waals surface area (Å²) >= 11 is 0. The first-order chi connectivity index (χ1) is 17.0. The van der Waals surface area contributed by atoms with E-state index in [1.165, 1.54) is 37.6 Å². The molecular formula is C29H34N2O4. The van der Waals surface area contributed by atoms with Crippen molar-refractivity contribution in [2.24, 2.45) is 5.92 Å². The number of anilines is 1. The van der Waals surface area contributed by atoms with E-state index in [1.54, 1.807) is 18.2 Å². The minimum atomic E-state index is -0.871. The highest BCUT2D eigenvalue weighted by molar-refractivity contribution is 6.31. The van der Waals surface area contributed by atoms with E-state index >= 15 is 0 Å². The summed E-state index contributed by atoms with van der Waals surface area (Å²) in [6, 6.07) is 13.4. The van der Waals surface area contributed by atoms with Crippen molar-refractivity contribution in [3.05, 3.63) is 65.9 Å². The molecule has 6 nitrogen and oxygen atoms in total. The van der Waals surface area contributed by atoms with Gasteiger partial charge >= 0.3 is 5.97 Å². The Morgan fingerprint density at radius 3 is 2.69 bits per heavy atom. The number of fused-ring (bicyclic) bond motifs is 1. The number of benzene rings is 2. The van der Waals surface area contributed by atoms with Gasteiger partial charge in [-0.25, -0.2) is 0 Å². The molecule has 6 heteroatoms. The van der Waals surface area contributed by atoms with E-state index in [9.17, 15) is 9.59 Å². The van der Waals surface area contributed by atoms with E-state index in [4.69, 9.17) is 15.6 Å². The number of hydrogen-bond donors (Lipinski definition) is 2. The molecule has 3 N–H and O–H groups in total. The van der Waals surface area contributed by atoms with Gasteiger partial charge in [-0.15, -0.1) is 0 Å². The van der Waals surface area contributed by atoms with Crippen LogP contribution in [-0.2, 0) is 11.3 Å². The Morgan fingerprint density at radius 1 is 1.14 bits per heavy atom. The van der Waals surface area contributed by atoms with Crippen LogP contribution in [0.4, 0.5) is 5.69 Å². The average Bonchev–Trinajstić information content (AvgIpc) is 3.25. The summed E-state index contributed by atoms with van der Waals surface area (Å²) in [4.78, 5) is 24.2. The molecule has 0 aliphatic heterocycles. The van der Waals surface area contributed by atoms with E-state index in [0.29, 0.717) is 23.3 Å². The van der Waals surface area contributed by atoms with Gasteiger partial charge in [0.15, 0.2) is 5.78 Å². The Bertz CT molecular complexity index is 1230. The molecule has 35 heavy (non-hydrogen) atoms. The fourth-order valence-corrected chi connectivity index (χ4v) is 5.02. The number of hydrogen-bond acceptors (Lipinski definition) is 4. The smallest absolute Gasteiger partial charge is 0.303 e. The van der Waals surface area contributed by atoms with Crippen LogP contribution >= 0.6 is 0 Å². The third-order valence-electron chi connectivity index (χ3n) is 6.90. The molecule has 0 saturated heterocycles. The lowest BCUT2D eigenvalue weighted by Crippen LogP contribution is -2.13. The molecule has 3 aromatic rings. The Hall–Kier alpha value is -3.54. The number of nitrogens with zero attached hydrogens (tertiary/aromatic N) is 1. The van der Waals surface area contributed by atoms with Gasteiger partial charge in [0.05, 0.1) is 12.3 Å². The van der Waals surface area contributed by atoms with Crippen molar-refractivity contribution >= 4 is 33.9 Å². The molecule has 1 fully saturated rings. The van der Waals surface area contributed by atoms with Gasteiger partial charge in [0, 0.05) is 41.2 Å². The minimum absolute atomic E-state index is 0.0199. The lowest BCUT2D eigenvalue weighted by Gasteiger charge is -2.22. The standard InChI is InChI=1S/C29H34N2O4/c1-2-23(29(34)24-10-6-11-26(28(24)30)35-17-7-12-27(32)33)21-13-14-25-22(18-21)15-16-31(25)19-20-8-4-3-5-9-20/h2,6,10-11,13-16,18,20H,3-5,7-9,12,17,19,30H2,1H3,(H,32,33)/b23-2-. The van der Waals surface area contributed by atoms with Gasteiger partial charge in [-0.2, -0.15) is 0 Å². The minimum Gasteiger partial charge on any atom is -0.491 e. The molecule has 1 aliphatic rings. The molecule has 2 aromatic carbocycles. The molecular weight excluding hydrogens is 440 g/mol. The quantitative estimate of drug-likeness (QED) is 0.155. The second kappa shape index (κ2) is 11.3. The van der Waals surface area contributed by atoms with Crippen LogP contribution in [0.3, 0.4) is 0 Å². The molecule has 1 aliphatic carbocycles. The van der Waals surface area contributed by atoms with Crippen molar-refractivity contribution in [2.75, 3.05) is 12.3 Å². The van der Waals surface area contributed by atoms with Crippen molar-refractivity contribution < 1.29 is 19.4 Å². The van der Waals surface area contributed by atoms with Gasteiger partial charge in [0.2, 0.25) is 0 Å². The molecule has 184 valence electrons. The summed E-state index contributed by atoms with van der Waals surface area (Å²) in [5, 5.41) is 9.91. The summed E-state index contributed by atoms with van der Waals surface area (Å²) in [6.07, 6.45) is 11.0. The second-order valence-corrected chi connectivity index (χ2v) is 9.34. The van der Waals surface area contributed by atoms with Crippen molar-refractivity contribution in [3.63, 3.8) is 0 Å². The number of Topliss-reactive ketones (excluding diaryl/α,β-unsaturated/α-hetero) is 1. The highest BCUT2D eigenvalue weighted by Gasteiger charge is 2.20. The van der Waals surface area contributed by atoms with Crippen LogP contribution in [-0.4, -0.2) is 28.0 Å². The lowest BCUT2D eigenvalue weighted by molar-refractivity contribution is -0.137. The Morgan fingerprint density at radius 2 is 1.94 bits per heavy atom. The van der Waals surface area contributed by atoms with Gasteiger partial charge in [-0.05, 0) is 68.0 Å². The molecule has 0 unspecified atom stereocenters. The van der Waals surface area contributed by atoms with Crippen molar-refractivity contribution in [3.8, 4) is 5.75 Å². The lowest BCUT2D eigenvalue weighted by atomic mass is 9.89. The first-order valence-corrected chi connectivity index (χ1v) is 12.5. The molecule has 4 rings (SSSR count). The van der Waals surface area contributed by atoms with Gasteiger partial charge in [-0.3, -0.25) is 9.59 Å². The number of allylic oxidation sites excluding steroid dienone is 2. The maximum atomic E-state index is 13.5. The fourth-order valence-electron chi connectivity index (χ4n) is 5.02. The molecule has 0 atom stereocenters. The predicted molar refractivity (Wildman–Crippen MR) is 140 cm³/mol. The molecule has 0 bridgehead atoms. The molecule has 1 saturated carbocycles. The second-order valence-electron chi connectivity index (χ2n) is 9.34. The van der Waals surface area contributed by atoms with Crippen LogP contribution in [0.1, 0.15) is 67.8 Å². The number of rotatable bonds is 10. The number of nitrogen functional groups attached to an aromatic ring is 1. The number of aliphatic carboxylic acids is 1. The summed E-state index contributed by atoms with van der Waals surface area (Å²) in [5.74, 6) is 0.103. The van der Waals surface area contributed by atoms with Crippen LogP contribution in [0, 0.1) is 5.92 Å². The number of nitrogens with two attached hydrogens (primary N) is 1. The van der Waals surface area contributed by atoms with Gasteiger partial charge in [0.25, 0.3) is 0 Å². The zero-order chi connectivity index (χ0) is 24.8. The van der Waals surface area contributed by atoms with Crippen LogP contribution in [0.2, 0.25) is 0 Å². The molecule has 0 spiro atoms. The molecule has 1 heterocycles. The maximum Gasteiger partial charge on any atom is 0.303 e. The van der Waals surface area contributed by atoms with E-state index in [2.05, 4.69) is 29.0 Å². The van der Waals surface area contributed by atoms with E-state index in [0.717, 1.165) is 23.4 Å². The fraction of sp³-hybridized carbons (Fsp3) is 0.379. The van der Waals surface area contributed by atoms with Crippen molar-refractivity contribution in [1.82, 2.24) is 4.57 Å². The number of carbonyl (C=O) groups is 2. The third-order valence-corrected chi connectivity index (χ3v) is 6.90. The van der Waals surface area contributed by atoms with Gasteiger partial charge < -0.3 is 20.1 Å². The van der Waals surface area contributed by atoms with Gasteiger partial charge in [0.1, 0.15) is 5.75 Å². The summed E-state index contributed by atoms with van der Waals surface area (Å²) in [5.41, 5.74) is 9.57. The zero-order valence-electron chi connectivity index (χ0n) is 20.3. The van der Waals surface area contributed by atoms with Crippen molar-refractivity contribution in [1.29, 1.82) is 0 Å². The maximum absolute atomic E-state index is 13.5. The summed E-state index contributed by atoms with van der Waals surface area (Å²) in [7, 11) is 0. The number of carboxylic acids is 1. The SMILES string of the molecule is C/C=C(\C(=O)c1cccc(OCCCC(=O)O)c1N)c1ccc2c(ccn2CC2CCCCC2)c1. The Kier molecular flexibility index (Phi) is 7.91. The van der Waals surface area contributed by atoms with Crippen molar-refractivity contribution in [2.45, 2.75) is 58.4 Å². The third kappa shape index (κ3) is 5.76. The number of para-hydroxylation sites is 1. The van der Waals surface area contributed by atoms with Crippen LogP contribution < -0.4 is 10.5 Å². The summed E-state index contributed by atoms with van der Waals surface area (Å²) < 4.78 is 8.00. The van der Waals surface area contributed by atoms with E-state index in [-0.39, 0.29) is 24.5 Å². The van der Waals surface area contributed by atoms with Gasteiger partial charge in [-0.1, -0.05) is 37.5 Å². The number of ketones is 1. The monoisotopic (exact) mass is 474 g/mol. The number of ether oxygens (including phenoxy) is 1. The zero-order valence-corrected chi connectivity index (χ0v) is 20.3. The first kappa shape index (κ1) is 24.6. The molecule has 0 radical (unpaired) electrons. The first-order valence-electron chi connectivity index (χ1n) is 12.5. The van der Waals surface area contributed by atoms with Crippen LogP contribution in [0.15, 0.2) is 54.7 Å². The molecule has 1 aromatic heterocycles. The topological polar surface area (TPSA) is 94.6 Å². The number of carboxylic acid groups (broad SMARTS) is 1. The number of carbonyl (C=O) groups excluding carboxylic acids is 1. The highest BCUT2D eigenvalue weighted by atomic mass is 16.5. The van der Waals surface area contributed by atoms with Crippen LogP contribution in [0.25, 0.3) is 16.5 Å². The Balaban J connectivity index is 1.52. The largest absolute Gasteiger partial charge is 0.491 e. The Labute approximate surface area is 206 Å². The van der Waals surface area contributed by atoms with Crippen LogP contribution in [0.5, 0.6) is 5.75 Å². The summed E-state index contributed by atoms with van der Waals surface area (Å²) in [6.45, 7) is 3.13. The van der Waals surface area contributed by atoms with E-state index < -0.39 is 5.97 Å². The molecule has 0 amide bonds. The predicted octanol–water partition coefficient (Wildman–Crippen LogP) is 6.33.